The standard InChI is InChI=1S/C44H58N8O14S2/c1-23(2)33-41(59)63-19-29(49-43(61)65-17-27-13-9-7-10-14-27)37(55)45-26(6)36(54)48-32-22-68-67-21-31(39(57)51-33)47-35(53)25(5)46-38(56)30(20-64-42(60)34(24(3)4)52-40(32)58)50-44(62)66-18-28-15-11-8-12-16-28/h7-16,23-26,29-34H,17-22H2,1-6H3,(H,45,55)(H,46,56)(H,47,53)(H,48,54)(H,49,61)(H,50,62)(H,51,57)(H,52,58). The highest BCUT2D eigenvalue weighted by molar-refractivity contribution is 8.76. The number of rotatable bonds is 8. The van der Waals surface area contributed by atoms with Crippen LogP contribution in [-0.4, -0.2) is 133 Å². The number of amides is 8. The summed E-state index contributed by atoms with van der Waals surface area (Å²) in [4.78, 5) is 136. The number of hydrogen-bond donors (Lipinski definition) is 8. The predicted octanol–water partition coefficient (Wildman–Crippen LogP) is 0.332. The first kappa shape index (κ1) is 54.0. The Bertz CT molecular complexity index is 1970. The lowest BCUT2D eigenvalue weighted by molar-refractivity contribution is -0.152. The molecule has 2 aliphatic heterocycles. The van der Waals surface area contributed by atoms with Crippen LogP contribution in [0.1, 0.15) is 52.7 Å². The van der Waals surface area contributed by atoms with E-state index in [1.807, 2.05) is 0 Å². The fourth-order valence-corrected chi connectivity index (χ4v) is 8.47. The Morgan fingerprint density at radius 3 is 1.24 bits per heavy atom. The van der Waals surface area contributed by atoms with Gasteiger partial charge in [0.1, 0.15) is 74.8 Å². The smallest absolute Gasteiger partial charge is 0.408 e. The molecule has 2 aliphatic rings. The summed E-state index contributed by atoms with van der Waals surface area (Å²) in [5.41, 5.74) is 1.26. The van der Waals surface area contributed by atoms with E-state index in [9.17, 15) is 47.9 Å². The van der Waals surface area contributed by atoms with E-state index in [0.29, 0.717) is 11.1 Å². The highest BCUT2D eigenvalue weighted by atomic mass is 33.1. The molecule has 4 rings (SSSR count). The normalized spacial score (nSPS) is 25.4. The van der Waals surface area contributed by atoms with Gasteiger partial charge in [-0.3, -0.25) is 28.8 Å². The third-order valence-electron chi connectivity index (χ3n) is 10.2. The molecule has 0 radical (unpaired) electrons. The van der Waals surface area contributed by atoms with Crippen molar-refractivity contribution in [2.45, 2.75) is 103 Å². The van der Waals surface area contributed by atoms with Gasteiger partial charge in [0.25, 0.3) is 0 Å². The minimum Gasteiger partial charge on any atom is -0.461 e. The van der Waals surface area contributed by atoms with Crippen LogP contribution in [0.15, 0.2) is 60.7 Å². The molecule has 8 unspecified atom stereocenters. The van der Waals surface area contributed by atoms with Crippen molar-refractivity contribution in [1.82, 2.24) is 42.5 Å². The van der Waals surface area contributed by atoms with Crippen molar-refractivity contribution in [2.24, 2.45) is 11.8 Å². The van der Waals surface area contributed by atoms with E-state index in [-0.39, 0.29) is 24.7 Å². The number of carbonyl (C=O) groups excluding carboxylic acids is 10. The number of hydrogen-bond acceptors (Lipinski definition) is 16. The van der Waals surface area contributed by atoms with Crippen molar-refractivity contribution < 1.29 is 66.9 Å². The number of esters is 2. The Labute approximate surface area is 400 Å². The monoisotopic (exact) mass is 986 g/mol. The van der Waals surface area contributed by atoms with E-state index in [4.69, 9.17) is 18.9 Å². The van der Waals surface area contributed by atoms with Gasteiger partial charge in [-0.25, -0.2) is 19.2 Å². The van der Waals surface area contributed by atoms with Crippen molar-refractivity contribution in [3.05, 3.63) is 71.8 Å². The molecule has 2 aromatic carbocycles. The maximum Gasteiger partial charge on any atom is 0.408 e. The largest absolute Gasteiger partial charge is 0.461 e. The molecule has 2 heterocycles. The number of ether oxygens (including phenoxy) is 4. The van der Waals surface area contributed by atoms with Gasteiger partial charge in [0, 0.05) is 11.5 Å². The topological polar surface area (TPSA) is 304 Å². The summed E-state index contributed by atoms with van der Waals surface area (Å²) in [6, 6.07) is 5.71. The lowest BCUT2D eigenvalue weighted by Crippen LogP contribution is -2.60. The molecule has 2 aromatic rings. The minimum atomic E-state index is -1.64. The van der Waals surface area contributed by atoms with E-state index >= 15 is 0 Å². The molecule has 370 valence electrons. The van der Waals surface area contributed by atoms with Gasteiger partial charge in [0.15, 0.2) is 0 Å². The molecule has 2 saturated heterocycles. The van der Waals surface area contributed by atoms with Crippen molar-refractivity contribution in [3.8, 4) is 0 Å². The highest BCUT2D eigenvalue weighted by Gasteiger charge is 2.37. The van der Waals surface area contributed by atoms with Crippen molar-refractivity contribution in [3.63, 3.8) is 0 Å². The third kappa shape index (κ3) is 17.3. The van der Waals surface area contributed by atoms with Gasteiger partial charge in [-0.05, 0) is 36.8 Å². The number of cyclic esters (lactones) is 2. The van der Waals surface area contributed by atoms with Gasteiger partial charge < -0.3 is 61.5 Å². The van der Waals surface area contributed by atoms with Crippen LogP contribution in [0.2, 0.25) is 0 Å². The molecule has 24 heteroatoms. The maximum atomic E-state index is 14.0. The van der Waals surface area contributed by atoms with Crippen LogP contribution >= 0.6 is 21.6 Å². The lowest BCUT2D eigenvalue weighted by Gasteiger charge is -2.28. The number of nitrogens with one attached hydrogen (secondary N) is 8. The van der Waals surface area contributed by atoms with E-state index in [1.165, 1.54) is 13.8 Å². The Balaban J connectivity index is 1.67. The zero-order valence-electron chi connectivity index (χ0n) is 38.3. The minimum absolute atomic E-state index is 0.178. The Hall–Kier alpha value is -6.56. The summed E-state index contributed by atoms with van der Waals surface area (Å²) in [7, 11) is 2.01. The summed E-state index contributed by atoms with van der Waals surface area (Å²) in [6.07, 6.45) is -2.14. The molecule has 0 aromatic heterocycles. The fourth-order valence-electron chi connectivity index (χ4n) is 6.14. The van der Waals surface area contributed by atoms with Crippen molar-refractivity contribution in [2.75, 3.05) is 24.7 Å². The predicted molar refractivity (Wildman–Crippen MR) is 247 cm³/mol. The molecule has 0 aliphatic carbocycles. The summed E-state index contributed by atoms with van der Waals surface area (Å²) >= 11 is 0. The van der Waals surface area contributed by atoms with Gasteiger partial charge >= 0.3 is 24.1 Å². The van der Waals surface area contributed by atoms with Crippen LogP contribution in [0.5, 0.6) is 0 Å². The van der Waals surface area contributed by atoms with E-state index in [2.05, 4.69) is 42.5 Å². The molecule has 0 spiro atoms. The summed E-state index contributed by atoms with van der Waals surface area (Å²) in [5, 5.41) is 19.8. The summed E-state index contributed by atoms with van der Waals surface area (Å²) < 4.78 is 21.5. The Kier molecular flexibility index (Phi) is 21.2. The molecular weight excluding hydrogens is 929 g/mol. The molecule has 8 amide bonds. The van der Waals surface area contributed by atoms with Crippen LogP contribution < -0.4 is 42.5 Å². The molecule has 0 saturated carbocycles. The molecule has 22 nitrogen and oxygen atoms in total. The number of carbonyl (C=O) groups is 10. The number of fused-ring (bicyclic) bond motifs is 5. The molecule has 2 fully saturated rings. The van der Waals surface area contributed by atoms with Crippen LogP contribution in [0.3, 0.4) is 0 Å². The van der Waals surface area contributed by atoms with Crippen LogP contribution in [0, 0.1) is 11.8 Å². The quantitative estimate of drug-likeness (QED) is 0.100. The molecule has 68 heavy (non-hydrogen) atoms. The van der Waals surface area contributed by atoms with Crippen molar-refractivity contribution in [1.29, 1.82) is 0 Å². The molecule has 2 bridgehead atoms. The zero-order chi connectivity index (χ0) is 49.9. The van der Waals surface area contributed by atoms with Crippen LogP contribution in [0.4, 0.5) is 9.59 Å². The summed E-state index contributed by atoms with van der Waals surface area (Å²) in [6.45, 7) is 7.05. The van der Waals surface area contributed by atoms with E-state index < -0.39 is 133 Å². The fraction of sp³-hybridized carbons (Fsp3) is 0.500. The second kappa shape index (κ2) is 26.7. The molecule has 8 atom stereocenters. The summed E-state index contributed by atoms with van der Waals surface area (Å²) in [5.74, 6) is -9.11. The first-order chi connectivity index (χ1) is 32.3. The van der Waals surface area contributed by atoms with Gasteiger partial charge in [-0.2, -0.15) is 0 Å². The van der Waals surface area contributed by atoms with Gasteiger partial charge in [0.2, 0.25) is 35.4 Å². The van der Waals surface area contributed by atoms with Gasteiger partial charge in [0.05, 0.1) is 0 Å². The number of benzene rings is 2. The second-order valence-corrected chi connectivity index (χ2v) is 18.9. The SMILES string of the molecule is CC1NC(=O)C(NC(=O)OCc2ccccc2)COC(=O)C(C(C)C)NC(=O)C2CSSCC(NC1=O)C(=O)NC(C(C)C)C(=O)OCC(NC(=O)OCc1ccccc1)C(=O)NC(C)C(=O)N2. The van der Waals surface area contributed by atoms with E-state index in [1.54, 1.807) is 88.4 Å². The first-order valence-electron chi connectivity index (χ1n) is 21.7. The van der Waals surface area contributed by atoms with Gasteiger partial charge in [-0.15, -0.1) is 0 Å². The van der Waals surface area contributed by atoms with Gasteiger partial charge in [-0.1, -0.05) is 110 Å². The lowest BCUT2D eigenvalue weighted by atomic mass is 10.0. The zero-order valence-corrected chi connectivity index (χ0v) is 40.0. The van der Waals surface area contributed by atoms with Crippen LogP contribution in [0.25, 0.3) is 0 Å². The average molecular weight is 987 g/mol. The Morgan fingerprint density at radius 1 is 0.544 bits per heavy atom. The molecule has 8 N–H and O–H groups in total. The first-order valence-corrected chi connectivity index (χ1v) is 24.2. The van der Waals surface area contributed by atoms with Crippen molar-refractivity contribution >= 4 is 81.2 Å². The molecular formula is C44H58N8O14S2. The highest BCUT2D eigenvalue weighted by Crippen LogP contribution is 2.24. The maximum absolute atomic E-state index is 14.0. The Morgan fingerprint density at radius 2 is 0.897 bits per heavy atom. The van der Waals surface area contributed by atoms with Crippen LogP contribution in [-0.2, 0) is 70.5 Å². The van der Waals surface area contributed by atoms with E-state index in [0.717, 1.165) is 21.6 Å². The second-order valence-electron chi connectivity index (χ2n) is 16.4. The number of alkyl carbamates (subject to hydrolysis) is 2. The average Bonchev–Trinajstić information content (AvgIpc) is 3.30. The third-order valence-corrected chi connectivity index (χ3v) is 12.6.